The highest BCUT2D eigenvalue weighted by atomic mass is 19.1. The number of benzene rings is 1. The third-order valence-corrected chi connectivity index (χ3v) is 1.81. The summed E-state index contributed by atoms with van der Waals surface area (Å²) in [6.07, 6.45) is 0. The fourth-order valence-corrected chi connectivity index (χ4v) is 1.13. The summed E-state index contributed by atoms with van der Waals surface area (Å²) < 4.78 is 35.5. The van der Waals surface area contributed by atoms with Gasteiger partial charge in [0.25, 0.3) is 5.89 Å². The van der Waals surface area contributed by atoms with E-state index >= 15 is 0 Å². The molecule has 1 heterocycles. The van der Waals surface area contributed by atoms with Crippen molar-refractivity contribution < 1.29 is 18.0 Å². The molecule has 1 aromatic heterocycles. The lowest BCUT2D eigenvalue weighted by Gasteiger charge is -2.03. The van der Waals surface area contributed by atoms with Gasteiger partial charge in [0.05, 0.1) is 0 Å². The highest BCUT2D eigenvalue weighted by molar-refractivity contribution is 5.24. The normalized spacial score (nSPS) is 10.4. The summed E-state index contributed by atoms with van der Waals surface area (Å²) in [5, 5.41) is 3.55. The minimum atomic E-state index is -0.767. The molecular weight excluding hydrogens is 218 g/mol. The van der Waals surface area contributed by atoms with Crippen LogP contribution in [0.15, 0.2) is 22.7 Å². The molecule has 0 N–H and O–H groups in total. The fourth-order valence-electron chi connectivity index (χ4n) is 1.13. The summed E-state index contributed by atoms with van der Waals surface area (Å²) in [6, 6.07) is 3.06. The number of hydrogen-bond donors (Lipinski definition) is 0. The van der Waals surface area contributed by atoms with Gasteiger partial charge in [-0.25, -0.2) is 8.78 Å². The zero-order valence-electron chi connectivity index (χ0n) is 8.41. The van der Waals surface area contributed by atoms with Crippen LogP contribution in [-0.4, -0.2) is 10.1 Å². The Bertz CT molecular complexity index is 499. The molecule has 0 atom stereocenters. The standard InChI is InChI=1S/C10H8F2N2O2/c1-6-13-10(16-14-6)5-15-9-3-2-7(11)4-8(9)12/h2-4H,5H2,1H3. The van der Waals surface area contributed by atoms with Gasteiger partial charge in [-0.15, -0.1) is 0 Å². The van der Waals surface area contributed by atoms with Crippen LogP contribution in [0.1, 0.15) is 11.7 Å². The molecule has 2 aromatic rings. The predicted octanol–water partition coefficient (Wildman–Crippen LogP) is 2.24. The zero-order chi connectivity index (χ0) is 11.5. The van der Waals surface area contributed by atoms with Crippen molar-refractivity contribution in [3.8, 4) is 5.75 Å². The quantitative estimate of drug-likeness (QED) is 0.805. The summed E-state index contributed by atoms with van der Waals surface area (Å²) in [5.74, 6) is -0.772. The van der Waals surface area contributed by atoms with Crippen LogP contribution in [0.3, 0.4) is 0 Å². The van der Waals surface area contributed by atoms with Crippen molar-refractivity contribution in [3.63, 3.8) is 0 Å². The molecule has 0 radical (unpaired) electrons. The highest BCUT2D eigenvalue weighted by Crippen LogP contribution is 2.18. The Kier molecular flexibility index (Phi) is 2.80. The second kappa shape index (κ2) is 4.26. The lowest BCUT2D eigenvalue weighted by atomic mass is 10.3. The van der Waals surface area contributed by atoms with Gasteiger partial charge in [-0.3, -0.25) is 0 Å². The molecule has 0 aliphatic heterocycles. The molecule has 1 aromatic carbocycles. The molecule has 0 saturated carbocycles. The number of hydrogen-bond acceptors (Lipinski definition) is 4. The first-order valence-electron chi connectivity index (χ1n) is 4.52. The fraction of sp³-hybridized carbons (Fsp3) is 0.200. The van der Waals surface area contributed by atoms with E-state index in [1.54, 1.807) is 6.92 Å². The maximum atomic E-state index is 13.1. The van der Waals surface area contributed by atoms with E-state index < -0.39 is 11.6 Å². The number of halogens is 2. The second-order valence-corrected chi connectivity index (χ2v) is 3.10. The Balaban J connectivity index is 2.04. The zero-order valence-corrected chi connectivity index (χ0v) is 8.41. The summed E-state index contributed by atoms with van der Waals surface area (Å²) in [7, 11) is 0. The van der Waals surface area contributed by atoms with Crippen LogP contribution < -0.4 is 4.74 Å². The molecule has 4 nitrogen and oxygen atoms in total. The predicted molar refractivity (Wildman–Crippen MR) is 49.7 cm³/mol. The SMILES string of the molecule is Cc1noc(COc2ccc(F)cc2F)n1. The molecule has 0 saturated heterocycles. The lowest BCUT2D eigenvalue weighted by Crippen LogP contribution is -1.98. The van der Waals surface area contributed by atoms with Crippen LogP contribution in [0.5, 0.6) is 5.75 Å². The Morgan fingerprint density at radius 2 is 2.19 bits per heavy atom. The average Bonchev–Trinajstić information content (AvgIpc) is 2.63. The van der Waals surface area contributed by atoms with Crippen molar-refractivity contribution in [1.82, 2.24) is 10.1 Å². The molecular formula is C10H8F2N2O2. The minimum absolute atomic E-state index is 0.0522. The first-order chi connectivity index (χ1) is 7.65. The molecule has 0 bridgehead atoms. The van der Waals surface area contributed by atoms with E-state index in [0.29, 0.717) is 5.82 Å². The first-order valence-corrected chi connectivity index (χ1v) is 4.52. The van der Waals surface area contributed by atoms with Crippen molar-refractivity contribution in [1.29, 1.82) is 0 Å². The van der Waals surface area contributed by atoms with Crippen molar-refractivity contribution in [2.24, 2.45) is 0 Å². The van der Waals surface area contributed by atoms with E-state index in [2.05, 4.69) is 10.1 Å². The Hall–Kier alpha value is -1.98. The van der Waals surface area contributed by atoms with Crippen LogP contribution in [-0.2, 0) is 6.61 Å². The van der Waals surface area contributed by atoms with Gasteiger partial charge in [-0.05, 0) is 19.1 Å². The molecule has 6 heteroatoms. The third kappa shape index (κ3) is 2.33. The molecule has 0 aliphatic rings. The largest absolute Gasteiger partial charge is 0.481 e. The van der Waals surface area contributed by atoms with E-state index in [1.165, 1.54) is 6.07 Å². The van der Waals surface area contributed by atoms with Gasteiger partial charge in [0, 0.05) is 6.07 Å². The average molecular weight is 226 g/mol. The summed E-state index contributed by atoms with van der Waals surface area (Å²) >= 11 is 0. The molecule has 2 rings (SSSR count). The van der Waals surface area contributed by atoms with E-state index in [-0.39, 0.29) is 18.2 Å². The Morgan fingerprint density at radius 1 is 1.38 bits per heavy atom. The van der Waals surface area contributed by atoms with E-state index in [0.717, 1.165) is 12.1 Å². The number of ether oxygens (including phenoxy) is 1. The van der Waals surface area contributed by atoms with E-state index in [1.807, 2.05) is 0 Å². The van der Waals surface area contributed by atoms with Gasteiger partial charge in [0.15, 0.2) is 24.0 Å². The van der Waals surface area contributed by atoms with Gasteiger partial charge in [0.1, 0.15) is 5.82 Å². The first kappa shape index (κ1) is 10.5. The number of rotatable bonds is 3. The van der Waals surface area contributed by atoms with Gasteiger partial charge >= 0.3 is 0 Å². The number of aryl methyl sites for hydroxylation is 1. The molecule has 0 spiro atoms. The molecule has 0 unspecified atom stereocenters. The lowest BCUT2D eigenvalue weighted by molar-refractivity contribution is 0.233. The van der Waals surface area contributed by atoms with Crippen molar-refractivity contribution in [2.75, 3.05) is 0 Å². The van der Waals surface area contributed by atoms with Gasteiger partial charge in [-0.1, -0.05) is 5.16 Å². The number of nitrogens with zero attached hydrogens (tertiary/aromatic N) is 2. The second-order valence-electron chi connectivity index (χ2n) is 3.10. The molecule has 0 amide bonds. The minimum Gasteiger partial charge on any atom is -0.481 e. The molecule has 84 valence electrons. The van der Waals surface area contributed by atoms with Crippen molar-refractivity contribution in [2.45, 2.75) is 13.5 Å². The monoisotopic (exact) mass is 226 g/mol. The maximum Gasteiger partial charge on any atom is 0.264 e. The van der Waals surface area contributed by atoms with Gasteiger partial charge < -0.3 is 9.26 Å². The van der Waals surface area contributed by atoms with Crippen molar-refractivity contribution in [3.05, 3.63) is 41.5 Å². The smallest absolute Gasteiger partial charge is 0.264 e. The van der Waals surface area contributed by atoms with Crippen molar-refractivity contribution >= 4 is 0 Å². The molecule has 0 fully saturated rings. The topological polar surface area (TPSA) is 48.2 Å². The van der Waals surface area contributed by atoms with Crippen LogP contribution in [0.4, 0.5) is 8.78 Å². The summed E-state index contributed by atoms with van der Waals surface area (Å²) in [5.41, 5.74) is 0. The van der Waals surface area contributed by atoms with Crippen LogP contribution in [0.25, 0.3) is 0 Å². The maximum absolute atomic E-state index is 13.1. The van der Waals surface area contributed by atoms with Crippen LogP contribution >= 0.6 is 0 Å². The van der Waals surface area contributed by atoms with E-state index in [4.69, 9.17) is 9.26 Å². The molecule has 0 aliphatic carbocycles. The van der Waals surface area contributed by atoms with Crippen LogP contribution in [0.2, 0.25) is 0 Å². The van der Waals surface area contributed by atoms with Gasteiger partial charge in [-0.2, -0.15) is 4.98 Å². The number of aromatic nitrogens is 2. The Morgan fingerprint density at radius 3 is 2.81 bits per heavy atom. The van der Waals surface area contributed by atoms with Gasteiger partial charge in [0.2, 0.25) is 0 Å². The molecule has 16 heavy (non-hydrogen) atoms. The Labute approximate surface area is 89.8 Å². The van der Waals surface area contributed by atoms with E-state index in [9.17, 15) is 8.78 Å². The highest BCUT2D eigenvalue weighted by Gasteiger charge is 2.07. The van der Waals surface area contributed by atoms with Crippen LogP contribution in [0, 0.1) is 18.6 Å². The summed E-state index contributed by atoms with van der Waals surface area (Å²) in [4.78, 5) is 3.87. The summed E-state index contributed by atoms with van der Waals surface area (Å²) in [6.45, 7) is 1.61. The third-order valence-electron chi connectivity index (χ3n) is 1.81.